The van der Waals surface area contributed by atoms with Crippen molar-refractivity contribution >= 4 is 28.6 Å². The van der Waals surface area contributed by atoms with Gasteiger partial charge in [0, 0.05) is 23.4 Å². The van der Waals surface area contributed by atoms with Gasteiger partial charge in [0.25, 0.3) is 5.91 Å². The van der Waals surface area contributed by atoms with Gasteiger partial charge in [-0.15, -0.1) is 0 Å². The van der Waals surface area contributed by atoms with Crippen LogP contribution < -0.4 is 20.7 Å². The fourth-order valence-corrected chi connectivity index (χ4v) is 4.46. The number of methoxy groups -OCH3 is 1. The smallest absolute Gasteiger partial charge is 0.268 e. The molecule has 1 saturated heterocycles. The fourth-order valence-electron chi connectivity index (χ4n) is 4.46. The molecule has 0 aliphatic carbocycles. The molecule has 2 aromatic carbocycles. The molecule has 2 heterocycles. The van der Waals surface area contributed by atoms with Crippen LogP contribution in [0, 0.1) is 17.2 Å². The maximum absolute atomic E-state index is 13.2. The van der Waals surface area contributed by atoms with Crippen LogP contribution in [0.4, 0.5) is 0 Å². The van der Waals surface area contributed by atoms with Crippen LogP contribution in [0.3, 0.4) is 0 Å². The molecule has 3 amide bonds. The molecule has 186 valence electrons. The first kappa shape index (κ1) is 24.8. The summed E-state index contributed by atoms with van der Waals surface area (Å²) >= 11 is 0. The van der Waals surface area contributed by atoms with Crippen molar-refractivity contribution in [3.05, 3.63) is 65.9 Å². The quantitative estimate of drug-likeness (QED) is 0.348. The first-order valence-electron chi connectivity index (χ1n) is 12.0. The van der Waals surface area contributed by atoms with Gasteiger partial charge >= 0.3 is 0 Å². The lowest BCUT2D eigenvalue weighted by Crippen LogP contribution is -2.50. The van der Waals surface area contributed by atoms with Gasteiger partial charge in [-0.1, -0.05) is 36.4 Å². The number of amides is 3. The van der Waals surface area contributed by atoms with E-state index in [-0.39, 0.29) is 18.2 Å². The van der Waals surface area contributed by atoms with E-state index in [0.717, 1.165) is 16.5 Å². The molecule has 9 nitrogen and oxygen atoms in total. The number of aromatic amines is 1. The van der Waals surface area contributed by atoms with Gasteiger partial charge < -0.3 is 25.7 Å². The first-order chi connectivity index (χ1) is 17.5. The molecule has 36 heavy (non-hydrogen) atoms. The van der Waals surface area contributed by atoms with Crippen molar-refractivity contribution in [2.24, 2.45) is 5.92 Å². The van der Waals surface area contributed by atoms with Crippen LogP contribution in [0.25, 0.3) is 10.9 Å². The van der Waals surface area contributed by atoms with Crippen molar-refractivity contribution in [3.63, 3.8) is 0 Å². The fraction of sp³-hybridized carbons (Fsp3) is 0.333. The summed E-state index contributed by atoms with van der Waals surface area (Å²) in [6.07, 6.45) is 1.76. The number of H-pyrrole nitrogens is 1. The summed E-state index contributed by atoms with van der Waals surface area (Å²) in [7, 11) is 1.56. The van der Waals surface area contributed by atoms with Crippen LogP contribution in [0.5, 0.6) is 5.75 Å². The van der Waals surface area contributed by atoms with Gasteiger partial charge in [0.15, 0.2) is 0 Å². The third-order valence-corrected chi connectivity index (χ3v) is 6.43. The number of aryl methyl sites for hydroxylation is 1. The van der Waals surface area contributed by atoms with Gasteiger partial charge in [-0.05, 0) is 49.4 Å². The number of ether oxygens (including phenoxy) is 1. The van der Waals surface area contributed by atoms with Crippen molar-refractivity contribution in [1.82, 2.24) is 20.9 Å². The zero-order valence-electron chi connectivity index (χ0n) is 20.0. The summed E-state index contributed by atoms with van der Waals surface area (Å²) < 4.78 is 5.37. The Morgan fingerprint density at radius 3 is 2.67 bits per heavy atom. The largest absolute Gasteiger partial charge is 0.496 e. The number of rotatable bonds is 10. The van der Waals surface area contributed by atoms with Crippen LogP contribution in [0.15, 0.2) is 54.6 Å². The zero-order valence-corrected chi connectivity index (χ0v) is 20.0. The molecule has 4 N–H and O–H groups in total. The van der Waals surface area contributed by atoms with Crippen LogP contribution in [0.2, 0.25) is 0 Å². The average Bonchev–Trinajstić information content (AvgIpc) is 3.52. The predicted octanol–water partition coefficient (Wildman–Crippen LogP) is 2.44. The molecule has 1 aliphatic rings. The topological polar surface area (TPSA) is 136 Å². The van der Waals surface area contributed by atoms with Crippen LogP contribution in [-0.2, 0) is 16.0 Å². The number of carbonyl (C=O) groups is 3. The predicted molar refractivity (Wildman–Crippen MR) is 134 cm³/mol. The average molecular weight is 488 g/mol. The van der Waals surface area contributed by atoms with Crippen molar-refractivity contribution in [1.29, 1.82) is 5.26 Å². The summed E-state index contributed by atoms with van der Waals surface area (Å²) in [6.45, 7) is 0.570. The lowest BCUT2D eigenvalue weighted by molar-refractivity contribution is -0.125. The number of carbonyl (C=O) groups excluding carboxylic acids is 3. The molecule has 9 heteroatoms. The van der Waals surface area contributed by atoms with E-state index < -0.39 is 23.9 Å². The zero-order chi connectivity index (χ0) is 25.5. The minimum absolute atomic E-state index is 0.104. The van der Waals surface area contributed by atoms with Gasteiger partial charge in [-0.3, -0.25) is 14.4 Å². The van der Waals surface area contributed by atoms with Crippen LogP contribution >= 0.6 is 0 Å². The highest BCUT2D eigenvalue weighted by Gasteiger charge is 2.30. The van der Waals surface area contributed by atoms with E-state index in [1.165, 1.54) is 0 Å². The molecule has 0 unspecified atom stereocenters. The maximum Gasteiger partial charge on any atom is 0.268 e. The second-order valence-corrected chi connectivity index (χ2v) is 8.86. The first-order valence-corrected chi connectivity index (χ1v) is 12.0. The van der Waals surface area contributed by atoms with Crippen molar-refractivity contribution < 1.29 is 19.1 Å². The Balaban J connectivity index is 1.49. The van der Waals surface area contributed by atoms with Gasteiger partial charge in [-0.2, -0.15) is 5.26 Å². The van der Waals surface area contributed by atoms with Crippen LogP contribution in [-0.4, -0.2) is 48.4 Å². The molecular formula is C27H29N5O4. The van der Waals surface area contributed by atoms with Crippen molar-refractivity contribution in [2.45, 2.75) is 37.8 Å². The monoisotopic (exact) mass is 487 g/mol. The molecule has 3 aromatic rings. The molecule has 0 spiro atoms. The summed E-state index contributed by atoms with van der Waals surface area (Å²) in [5.74, 6) is -0.682. The standard InChI is InChI=1S/C27H29N5O4/c1-36-24-9-5-8-21-20(24)15-23(31-21)27(35)32-22(11-10-17-6-3-2-4-7-17)26(34)30-19(16-28)14-18-12-13-29-25(18)33/h2-9,15,18-19,22,31H,10-14H2,1H3,(H,29,33)(H,30,34)(H,32,35)/t18-,19-,22-/m0/s1. The lowest BCUT2D eigenvalue weighted by Gasteiger charge is -2.21. The second kappa shape index (κ2) is 11.4. The number of fused-ring (bicyclic) bond motifs is 1. The molecule has 0 bridgehead atoms. The van der Waals surface area contributed by atoms with Gasteiger partial charge in [-0.25, -0.2) is 0 Å². The summed E-state index contributed by atoms with van der Waals surface area (Å²) in [5.41, 5.74) is 2.06. The molecule has 1 aliphatic heterocycles. The summed E-state index contributed by atoms with van der Waals surface area (Å²) in [6, 6.07) is 17.2. The Labute approximate surface area is 209 Å². The highest BCUT2D eigenvalue weighted by molar-refractivity contribution is 6.01. The Bertz CT molecular complexity index is 1280. The molecule has 0 radical (unpaired) electrons. The number of hydrogen-bond donors (Lipinski definition) is 4. The van der Waals surface area contributed by atoms with E-state index in [0.29, 0.717) is 37.3 Å². The molecule has 0 saturated carbocycles. The Morgan fingerprint density at radius 2 is 1.97 bits per heavy atom. The van der Waals surface area contributed by atoms with Crippen molar-refractivity contribution in [2.75, 3.05) is 13.7 Å². The lowest BCUT2D eigenvalue weighted by atomic mass is 9.98. The van der Waals surface area contributed by atoms with Gasteiger partial charge in [0.05, 0.1) is 13.2 Å². The number of hydrogen-bond acceptors (Lipinski definition) is 5. The second-order valence-electron chi connectivity index (χ2n) is 8.86. The van der Waals surface area contributed by atoms with Crippen LogP contribution in [0.1, 0.15) is 35.3 Å². The third kappa shape index (κ3) is 5.84. The van der Waals surface area contributed by atoms with E-state index in [1.807, 2.05) is 42.5 Å². The Hall–Kier alpha value is -4.32. The van der Waals surface area contributed by atoms with E-state index in [1.54, 1.807) is 19.2 Å². The minimum Gasteiger partial charge on any atom is -0.496 e. The van der Waals surface area contributed by atoms with E-state index >= 15 is 0 Å². The number of aromatic nitrogens is 1. The third-order valence-electron chi connectivity index (χ3n) is 6.43. The maximum atomic E-state index is 13.2. The van der Waals surface area contributed by atoms with E-state index in [9.17, 15) is 19.6 Å². The highest BCUT2D eigenvalue weighted by Crippen LogP contribution is 2.26. The summed E-state index contributed by atoms with van der Waals surface area (Å²) in [4.78, 5) is 41.4. The number of nitrogens with one attached hydrogen (secondary N) is 4. The van der Waals surface area contributed by atoms with Gasteiger partial charge in [0.1, 0.15) is 23.5 Å². The van der Waals surface area contributed by atoms with E-state index in [2.05, 4.69) is 27.0 Å². The molecular weight excluding hydrogens is 458 g/mol. The number of benzene rings is 2. The number of nitrogens with zero attached hydrogens (tertiary/aromatic N) is 1. The number of nitriles is 1. The molecule has 4 rings (SSSR count). The van der Waals surface area contributed by atoms with Crippen molar-refractivity contribution in [3.8, 4) is 11.8 Å². The normalized spacial score (nSPS) is 16.6. The highest BCUT2D eigenvalue weighted by atomic mass is 16.5. The SMILES string of the molecule is COc1cccc2[nH]c(C(=O)N[C@@H](CCc3ccccc3)C(=O)N[C@H](C#N)C[C@@H]3CCNC3=O)cc12. The molecule has 1 aromatic heterocycles. The Kier molecular flexibility index (Phi) is 7.85. The minimum atomic E-state index is -0.876. The molecule has 1 fully saturated rings. The van der Waals surface area contributed by atoms with E-state index in [4.69, 9.17) is 4.74 Å². The Morgan fingerprint density at radius 1 is 1.17 bits per heavy atom. The summed E-state index contributed by atoms with van der Waals surface area (Å²) in [5, 5.41) is 18.7. The molecule has 3 atom stereocenters. The van der Waals surface area contributed by atoms with Gasteiger partial charge in [0.2, 0.25) is 11.8 Å².